The van der Waals surface area contributed by atoms with E-state index in [0.29, 0.717) is 16.6 Å². The second-order valence-electron chi connectivity index (χ2n) is 5.13. The van der Waals surface area contributed by atoms with E-state index in [4.69, 9.17) is 11.6 Å². The lowest BCUT2D eigenvalue weighted by atomic mass is 10.1. The summed E-state index contributed by atoms with van der Waals surface area (Å²) < 4.78 is 0. The second-order valence-corrected chi connectivity index (χ2v) is 5.53. The number of carbonyl (C=O) groups is 1. The van der Waals surface area contributed by atoms with Crippen LogP contribution < -0.4 is 5.32 Å². The molecule has 2 nitrogen and oxygen atoms in total. The molecule has 1 amide bonds. The molecule has 18 heavy (non-hydrogen) atoms. The molecule has 1 aromatic carbocycles. The first-order chi connectivity index (χ1) is 8.66. The predicted octanol–water partition coefficient (Wildman–Crippen LogP) is 4.10. The van der Waals surface area contributed by atoms with Crippen molar-refractivity contribution in [3.05, 3.63) is 34.3 Å². The first kappa shape index (κ1) is 13.4. The van der Waals surface area contributed by atoms with Gasteiger partial charge in [0.25, 0.3) is 5.91 Å². The van der Waals surface area contributed by atoms with Crippen molar-refractivity contribution >= 4 is 17.5 Å². The van der Waals surface area contributed by atoms with E-state index in [1.807, 2.05) is 19.1 Å². The first-order valence-electron chi connectivity index (χ1n) is 6.74. The molecule has 3 heteroatoms. The van der Waals surface area contributed by atoms with Crippen LogP contribution in [0.15, 0.2) is 18.2 Å². The summed E-state index contributed by atoms with van der Waals surface area (Å²) in [6.45, 7) is 1.94. The largest absolute Gasteiger partial charge is 0.349 e. The maximum absolute atomic E-state index is 12.1. The molecule has 1 saturated carbocycles. The number of halogens is 1. The zero-order chi connectivity index (χ0) is 13.0. The van der Waals surface area contributed by atoms with E-state index >= 15 is 0 Å². The van der Waals surface area contributed by atoms with Gasteiger partial charge in [-0.2, -0.15) is 0 Å². The minimum atomic E-state index is 0.00352. The predicted molar refractivity (Wildman–Crippen MR) is 75.1 cm³/mol. The van der Waals surface area contributed by atoms with E-state index in [2.05, 4.69) is 5.32 Å². The first-order valence-corrected chi connectivity index (χ1v) is 7.11. The molecule has 0 spiro atoms. The SMILES string of the molecule is Cc1ccc(C(=O)NC2CCCCCC2)cc1Cl. The zero-order valence-electron chi connectivity index (χ0n) is 10.8. The summed E-state index contributed by atoms with van der Waals surface area (Å²) in [5.41, 5.74) is 1.66. The minimum Gasteiger partial charge on any atom is -0.349 e. The Bertz CT molecular complexity index is 423. The maximum Gasteiger partial charge on any atom is 0.251 e. The van der Waals surface area contributed by atoms with Crippen molar-refractivity contribution in [2.45, 2.75) is 51.5 Å². The van der Waals surface area contributed by atoms with Crippen molar-refractivity contribution in [1.29, 1.82) is 0 Å². The summed E-state index contributed by atoms with van der Waals surface area (Å²) in [6, 6.07) is 5.82. The fourth-order valence-electron chi connectivity index (χ4n) is 2.43. The van der Waals surface area contributed by atoms with Gasteiger partial charge in [0.15, 0.2) is 0 Å². The number of carbonyl (C=O) groups excluding carboxylic acids is 1. The highest BCUT2D eigenvalue weighted by molar-refractivity contribution is 6.31. The van der Waals surface area contributed by atoms with Crippen LogP contribution in [0.5, 0.6) is 0 Å². The summed E-state index contributed by atoms with van der Waals surface area (Å²) in [6.07, 6.45) is 7.24. The van der Waals surface area contributed by atoms with Crippen LogP contribution in [0.3, 0.4) is 0 Å². The van der Waals surface area contributed by atoms with Gasteiger partial charge in [-0.05, 0) is 37.5 Å². The molecule has 0 radical (unpaired) electrons. The molecule has 1 fully saturated rings. The van der Waals surface area contributed by atoms with Crippen molar-refractivity contribution in [2.75, 3.05) is 0 Å². The van der Waals surface area contributed by atoms with Crippen molar-refractivity contribution in [1.82, 2.24) is 5.32 Å². The highest BCUT2D eigenvalue weighted by Crippen LogP contribution is 2.19. The molecular formula is C15H20ClNO. The highest BCUT2D eigenvalue weighted by Gasteiger charge is 2.16. The number of amides is 1. The number of rotatable bonds is 2. The van der Waals surface area contributed by atoms with E-state index in [0.717, 1.165) is 18.4 Å². The Morgan fingerprint density at radius 2 is 1.89 bits per heavy atom. The van der Waals surface area contributed by atoms with Gasteiger partial charge in [-0.15, -0.1) is 0 Å². The van der Waals surface area contributed by atoms with Crippen molar-refractivity contribution < 1.29 is 4.79 Å². The van der Waals surface area contributed by atoms with E-state index in [1.54, 1.807) is 6.07 Å². The van der Waals surface area contributed by atoms with Gasteiger partial charge in [0, 0.05) is 16.6 Å². The van der Waals surface area contributed by atoms with Crippen LogP contribution >= 0.6 is 11.6 Å². The molecule has 2 rings (SSSR count). The molecule has 1 aromatic rings. The Morgan fingerprint density at radius 1 is 1.22 bits per heavy atom. The van der Waals surface area contributed by atoms with Crippen LogP contribution in [0.2, 0.25) is 5.02 Å². The molecule has 0 unspecified atom stereocenters. The normalized spacial score (nSPS) is 17.2. The summed E-state index contributed by atoms with van der Waals surface area (Å²) in [5.74, 6) is 0.00352. The summed E-state index contributed by atoms with van der Waals surface area (Å²) in [5, 5.41) is 3.78. The third-order valence-corrected chi connectivity index (χ3v) is 4.03. The fourth-order valence-corrected chi connectivity index (χ4v) is 2.61. The molecule has 0 aromatic heterocycles. The molecule has 0 aliphatic heterocycles. The van der Waals surface area contributed by atoms with Crippen LogP contribution in [0.25, 0.3) is 0 Å². The standard InChI is InChI=1S/C15H20ClNO/c1-11-8-9-12(10-14(11)16)15(18)17-13-6-4-2-3-5-7-13/h8-10,13H,2-7H2,1H3,(H,17,18). The fraction of sp³-hybridized carbons (Fsp3) is 0.533. The Morgan fingerprint density at radius 3 is 2.50 bits per heavy atom. The maximum atomic E-state index is 12.1. The Labute approximate surface area is 114 Å². The monoisotopic (exact) mass is 265 g/mol. The third kappa shape index (κ3) is 3.49. The van der Waals surface area contributed by atoms with Crippen molar-refractivity contribution in [3.63, 3.8) is 0 Å². The Balaban J connectivity index is 1.99. The number of aryl methyl sites for hydroxylation is 1. The molecular weight excluding hydrogens is 246 g/mol. The average molecular weight is 266 g/mol. The molecule has 1 N–H and O–H groups in total. The topological polar surface area (TPSA) is 29.1 Å². The van der Waals surface area contributed by atoms with Crippen LogP contribution in [0.1, 0.15) is 54.4 Å². The third-order valence-electron chi connectivity index (χ3n) is 3.62. The second kappa shape index (κ2) is 6.24. The van der Waals surface area contributed by atoms with Crippen LogP contribution in [-0.4, -0.2) is 11.9 Å². The number of nitrogens with one attached hydrogen (secondary N) is 1. The molecule has 0 heterocycles. The smallest absolute Gasteiger partial charge is 0.251 e. The highest BCUT2D eigenvalue weighted by atomic mass is 35.5. The quantitative estimate of drug-likeness (QED) is 0.802. The van der Waals surface area contributed by atoms with Gasteiger partial charge in [-0.25, -0.2) is 0 Å². The molecule has 0 bridgehead atoms. The summed E-state index contributed by atoms with van der Waals surface area (Å²) >= 11 is 6.05. The van der Waals surface area contributed by atoms with Gasteiger partial charge in [-0.3, -0.25) is 4.79 Å². The van der Waals surface area contributed by atoms with Crippen LogP contribution in [0, 0.1) is 6.92 Å². The zero-order valence-corrected chi connectivity index (χ0v) is 11.6. The van der Waals surface area contributed by atoms with Gasteiger partial charge in [0.1, 0.15) is 0 Å². The van der Waals surface area contributed by atoms with E-state index in [-0.39, 0.29) is 5.91 Å². The molecule has 98 valence electrons. The van der Waals surface area contributed by atoms with Crippen molar-refractivity contribution in [2.24, 2.45) is 0 Å². The Hall–Kier alpha value is -1.02. The van der Waals surface area contributed by atoms with Gasteiger partial charge in [0.2, 0.25) is 0 Å². The van der Waals surface area contributed by atoms with Crippen LogP contribution in [0.4, 0.5) is 0 Å². The molecule has 0 atom stereocenters. The number of hydrogen-bond donors (Lipinski definition) is 1. The molecule has 0 saturated heterocycles. The number of hydrogen-bond acceptors (Lipinski definition) is 1. The lowest BCUT2D eigenvalue weighted by Crippen LogP contribution is -2.34. The number of benzene rings is 1. The molecule has 1 aliphatic carbocycles. The van der Waals surface area contributed by atoms with E-state index in [9.17, 15) is 4.79 Å². The Kier molecular flexibility index (Phi) is 4.65. The van der Waals surface area contributed by atoms with Gasteiger partial charge >= 0.3 is 0 Å². The van der Waals surface area contributed by atoms with Crippen molar-refractivity contribution in [3.8, 4) is 0 Å². The van der Waals surface area contributed by atoms with E-state index in [1.165, 1.54) is 25.7 Å². The van der Waals surface area contributed by atoms with Gasteiger partial charge in [0.05, 0.1) is 0 Å². The lowest BCUT2D eigenvalue weighted by molar-refractivity contribution is 0.0933. The minimum absolute atomic E-state index is 0.00352. The van der Waals surface area contributed by atoms with Gasteiger partial charge in [-0.1, -0.05) is 43.4 Å². The van der Waals surface area contributed by atoms with E-state index < -0.39 is 0 Å². The molecule has 1 aliphatic rings. The lowest BCUT2D eigenvalue weighted by Gasteiger charge is -2.16. The van der Waals surface area contributed by atoms with Gasteiger partial charge < -0.3 is 5.32 Å². The average Bonchev–Trinajstić information content (AvgIpc) is 2.61. The summed E-state index contributed by atoms with van der Waals surface area (Å²) in [4.78, 5) is 12.1. The summed E-state index contributed by atoms with van der Waals surface area (Å²) in [7, 11) is 0. The van der Waals surface area contributed by atoms with Crippen LogP contribution in [-0.2, 0) is 0 Å².